The van der Waals surface area contributed by atoms with Crippen molar-refractivity contribution in [3.8, 4) is 0 Å². The lowest BCUT2D eigenvalue weighted by molar-refractivity contribution is 0.261. The van der Waals surface area contributed by atoms with Gasteiger partial charge in [-0.25, -0.2) is 21.6 Å². The molecule has 0 amide bonds. The fourth-order valence-electron chi connectivity index (χ4n) is 2.64. The fraction of sp³-hybridized carbons (Fsp3) is 0.571. The Hall–Kier alpha value is -0.830. The minimum atomic E-state index is -4.21. The maximum Gasteiger partial charge on any atom is 0.246 e. The van der Waals surface area contributed by atoms with Crippen molar-refractivity contribution in [2.24, 2.45) is 0 Å². The largest absolute Gasteiger partial charge is 0.317 e. The average molecular weight is 373 g/mol. The topological polar surface area (TPSA) is 49.4 Å². The second-order valence-electron chi connectivity index (χ2n) is 5.29. The Morgan fingerprint density at radius 3 is 2.26 bits per heavy atom. The molecule has 1 saturated heterocycles. The smallest absolute Gasteiger partial charge is 0.246 e. The zero-order valence-electron chi connectivity index (χ0n) is 12.7. The van der Waals surface area contributed by atoms with Crippen molar-refractivity contribution in [1.29, 1.82) is 0 Å². The number of piperidine rings is 1. The van der Waals surface area contributed by atoms with Gasteiger partial charge in [0.15, 0.2) is 11.6 Å². The van der Waals surface area contributed by atoms with E-state index in [0.717, 1.165) is 0 Å². The first-order valence-electron chi connectivity index (χ1n) is 7.25. The van der Waals surface area contributed by atoms with Crippen LogP contribution in [0.4, 0.5) is 13.2 Å². The fourth-order valence-corrected chi connectivity index (χ4v) is 4.48. The van der Waals surface area contributed by atoms with Crippen LogP contribution in [0.1, 0.15) is 26.2 Å². The Morgan fingerprint density at radius 1 is 1.13 bits per heavy atom. The summed E-state index contributed by atoms with van der Waals surface area (Å²) in [6, 6.07) is 0.428. The number of halogens is 4. The summed E-state index contributed by atoms with van der Waals surface area (Å²) in [7, 11) is -4.21. The number of nitrogens with zero attached hydrogens (tertiary/aromatic N) is 1. The number of rotatable bonds is 5. The lowest BCUT2D eigenvalue weighted by atomic mass is 10.1. The van der Waals surface area contributed by atoms with E-state index in [-0.39, 0.29) is 31.1 Å². The molecule has 23 heavy (non-hydrogen) atoms. The van der Waals surface area contributed by atoms with Crippen LogP contribution < -0.4 is 5.32 Å². The zero-order valence-corrected chi connectivity index (χ0v) is 14.3. The van der Waals surface area contributed by atoms with Crippen LogP contribution >= 0.6 is 12.4 Å². The summed E-state index contributed by atoms with van der Waals surface area (Å²) in [5, 5.41) is 3.13. The summed E-state index contributed by atoms with van der Waals surface area (Å²) in [4.78, 5) is -0.807. The third kappa shape index (κ3) is 4.37. The molecule has 0 bridgehead atoms. The van der Waals surface area contributed by atoms with E-state index in [9.17, 15) is 21.6 Å². The van der Waals surface area contributed by atoms with Gasteiger partial charge in [0.1, 0.15) is 10.7 Å². The first kappa shape index (κ1) is 20.2. The number of hydrogen-bond acceptors (Lipinski definition) is 3. The predicted octanol–water partition coefficient (Wildman–Crippen LogP) is 2.68. The minimum absolute atomic E-state index is 0. The highest BCUT2D eigenvalue weighted by Gasteiger charge is 2.34. The van der Waals surface area contributed by atoms with E-state index in [1.54, 1.807) is 0 Å². The Balaban J connectivity index is 0.00000264. The average Bonchev–Trinajstić information content (AvgIpc) is 2.49. The Morgan fingerprint density at radius 2 is 1.70 bits per heavy atom. The highest BCUT2D eigenvalue weighted by atomic mass is 35.5. The van der Waals surface area contributed by atoms with Gasteiger partial charge in [0.05, 0.1) is 0 Å². The van der Waals surface area contributed by atoms with Gasteiger partial charge in [0, 0.05) is 18.7 Å². The van der Waals surface area contributed by atoms with E-state index in [2.05, 4.69) is 5.32 Å². The van der Waals surface area contributed by atoms with Gasteiger partial charge in [0.2, 0.25) is 10.0 Å². The number of sulfonamides is 1. The molecule has 2 rings (SSSR count). The van der Waals surface area contributed by atoms with Crippen molar-refractivity contribution >= 4 is 22.4 Å². The standard InChI is InChI=1S/C14H19F3N2O2S.ClH/c1-2-7-19(10-3-5-18-6-4-10)22(20,21)14-9-12(16)11(15)8-13(14)17;/h8-10,18H,2-7H2,1H3;1H. The molecule has 9 heteroatoms. The normalized spacial score (nSPS) is 16.4. The molecule has 0 aliphatic carbocycles. The lowest BCUT2D eigenvalue weighted by Crippen LogP contribution is -2.46. The molecule has 1 heterocycles. The summed E-state index contributed by atoms with van der Waals surface area (Å²) in [6.07, 6.45) is 1.75. The first-order chi connectivity index (χ1) is 10.4. The first-order valence-corrected chi connectivity index (χ1v) is 8.69. The van der Waals surface area contributed by atoms with Gasteiger partial charge in [-0.2, -0.15) is 4.31 Å². The van der Waals surface area contributed by atoms with Gasteiger partial charge >= 0.3 is 0 Å². The molecular formula is C14H20ClF3N2O2S. The number of nitrogens with one attached hydrogen (secondary N) is 1. The van der Waals surface area contributed by atoms with Gasteiger partial charge in [-0.15, -0.1) is 12.4 Å². The molecule has 0 unspecified atom stereocenters. The van der Waals surface area contributed by atoms with E-state index in [1.165, 1.54) is 4.31 Å². The quantitative estimate of drug-likeness (QED) is 0.808. The Kier molecular flexibility index (Phi) is 7.31. The van der Waals surface area contributed by atoms with Crippen molar-refractivity contribution in [3.05, 3.63) is 29.6 Å². The van der Waals surface area contributed by atoms with E-state index in [1.807, 2.05) is 6.92 Å². The zero-order chi connectivity index (χ0) is 16.3. The van der Waals surface area contributed by atoms with Crippen LogP contribution in [0.3, 0.4) is 0 Å². The number of hydrogen-bond donors (Lipinski definition) is 1. The molecule has 0 atom stereocenters. The maximum atomic E-state index is 13.9. The van der Waals surface area contributed by atoms with E-state index >= 15 is 0 Å². The molecule has 0 saturated carbocycles. The van der Waals surface area contributed by atoms with Crippen molar-refractivity contribution in [2.45, 2.75) is 37.1 Å². The van der Waals surface area contributed by atoms with E-state index in [0.29, 0.717) is 38.4 Å². The molecule has 0 spiro atoms. The molecule has 1 aliphatic heterocycles. The highest BCUT2D eigenvalue weighted by molar-refractivity contribution is 7.89. The minimum Gasteiger partial charge on any atom is -0.317 e. The molecule has 4 nitrogen and oxygen atoms in total. The Labute approximate surface area is 140 Å². The Bertz CT molecular complexity index is 637. The number of benzene rings is 1. The monoisotopic (exact) mass is 372 g/mol. The van der Waals surface area contributed by atoms with Crippen LogP contribution in [0.15, 0.2) is 17.0 Å². The second kappa shape index (κ2) is 8.32. The van der Waals surface area contributed by atoms with Crippen LogP contribution in [0.25, 0.3) is 0 Å². The summed E-state index contributed by atoms with van der Waals surface area (Å²) in [5.41, 5.74) is 0. The van der Waals surface area contributed by atoms with E-state index in [4.69, 9.17) is 0 Å². The van der Waals surface area contributed by atoms with Crippen LogP contribution in [0.5, 0.6) is 0 Å². The van der Waals surface area contributed by atoms with Gasteiger partial charge in [0.25, 0.3) is 0 Å². The molecular weight excluding hydrogens is 353 g/mol. The predicted molar refractivity (Wildman–Crippen MR) is 83.6 cm³/mol. The maximum absolute atomic E-state index is 13.9. The van der Waals surface area contributed by atoms with Crippen molar-refractivity contribution in [3.63, 3.8) is 0 Å². The third-order valence-corrected chi connectivity index (χ3v) is 5.69. The molecule has 0 radical (unpaired) electrons. The molecule has 1 fully saturated rings. The van der Waals surface area contributed by atoms with Crippen LogP contribution in [0.2, 0.25) is 0 Å². The van der Waals surface area contributed by atoms with Crippen LogP contribution in [-0.4, -0.2) is 38.4 Å². The van der Waals surface area contributed by atoms with Gasteiger partial charge in [-0.3, -0.25) is 0 Å². The molecule has 1 N–H and O–H groups in total. The summed E-state index contributed by atoms with van der Waals surface area (Å²) in [5.74, 6) is -4.05. The summed E-state index contributed by atoms with van der Waals surface area (Å²) >= 11 is 0. The van der Waals surface area contributed by atoms with Crippen molar-refractivity contribution in [1.82, 2.24) is 9.62 Å². The van der Waals surface area contributed by atoms with Gasteiger partial charge in [-0.05, 0) is 38.4 Å². The molecule has 1 aliphatic rings. The molecule has 1 aromatic carbocycles. The highest BCUT2D eigenvalue weighted by Crippen LogP contribution is 2.26. The molecule has 1 aromatic rings. The summed E-state index contributed by atoms with van der Waals surface area (Å²) < 4.78 is 66.8. The molecule has 0 aromatic heterocycles. The van der Waals surface area contributed by atoms with Crippen molar-refractivity contribution in [2.75, 3.05) is 19.6 Å². The second-order valence-corrected chi connectivity index (χ2v) is 7.15. The van der Waals surface area contributed by atoms with Gasteiger partial charge in [-0.1, -0.05) is 6.92 Å². The van der Waals surface area contributed by atoms with Crippen LogP contribution in [0, 0.1) is 17.5 Å². The molecule has 132 valence electrons. The summed E-state index contributed by atoms with van der Waals surface area (Å²) in [6.45, 7) is 3.36. The lowest BCUT2D eigenvalue weighted by Gasteiger charge is -2.33. The third-order valence-electron chi connectivity index (χ3n) is 3.72. The van der Waals surface area contributed by atoms with Crippen LogP contribution in [-0.2, 0) is 10.0 Å². The van der Waals surface area contributed by atoms with Crippen molar-refractivity contribution < 1.29 is 21.6 Å². The SMILES string of the molecule is CCCN(C1CCNCC1)S(=O)(=O)c1cc(F)c(F)cc1F.Cl. The van der Waals surface area contributed by atoms with Gasteiger partial charge < -0.3 is 5.32 Å². The van der Waals surface area contributed by atoms with E-state index < -0.39 is 32.4 Å².